The summed E-state index contributed by atoms with van der Waals surface area (Å²) in [6, 6.07) is 1.81. The fourth-order valence-corrected chi connectivity index (χ4v) is 0.873. The summed E-state index contributed by atoms with van der Waals surface area (Å²) < 4.78 is 0.739. The maximum absolute atomic E-state index is 5.36. The van der Waals surface area contributed by atoms with Crippen LogP contribution in [-0.2, 0) is 4.84 Å². The molecule has 0 atom stereocenters. The van der Waals surface area contributed by atoms with Crippen molar-refractivity contribution in [3.63, 3.8) is 0 Å². The maximum Gasteiger partial charge on any atom is 0.0945 e. The Morgan fingerprint density at radius 2 is 2.15 bits per heavy atom. The molecule has 0 aromatic carbocycles. The topological polar surface area (TPSA) is 37.0 Å². The largest absolute Gasteiger partial charge is 0.366 e. The smallest absolute Gasteiger partial charge is 0.0945 e. The van der Waals surface area contributed by atoms with E-state index in [1.165, 1.54) is 0 Å². The predicted octanol–water partition coefficient (Wildman–Crippen LogP) is 2.89. The van der Waals surface area contributed by atoms with Gasteiger partial charge in [0.25, 0.3) is 0 Å². The van der Waals surface area contributed by atoms with Gasteiger partial charge in [0.1, 0.15) is 0 Å². The Kier molecular flexibility index (Phi) is 3.06. The van der Waals surface area contributed by atoms with E-state index < -0.39 is 0 Å². The highest BCUT2D eigenvalue weighted by molar-refractivity contribution is 7.71. The van der Waals surface area contributed by atoms with Crippen LogP contribution in [0.25, 0.3) is 0 Å². The van der Waals surface area contributed by atoms with Gasteiger partial charge in [-0.15, -0.1) is 0 Å². The van der Waals surface area contributed by atoms with Gasteiger partial charge in [-0.2, -0.15) is 0 Å². The number of hydrogen-bond acceptors (Lipinski definition) is 3. The molecule has 0 aliphatic carbocycles. The molecule has 0 saturated carbocycles. The van der Waals surface area contributed by atoms with E-state index in [0.717, 1.165) is 10.2 Å². The normalized spacial score (nSPS) is 11.3. The van der Waals surface area contributed by atoms with E-state index in [9.17, 15) is 0 Å². The summed E-state index contributed by atoms with van der Waals surface area (Å²) in [5.41, 5.74) is 3.38. The zero-order valence-electron chi connectivity index (χ0n) is 8.05. The molecule has 0 unspecified atom stereocenters. The van der Waals surface area contributed by atoms with Crippen LogP contribution < -0.4 is 5.48 Å². The molecule has 0 bridgehead atoms. The van der Waals surface area contributed by atoms with Crippen LogP contribution in [0.3, 0.4) is 0 Å². The van der Waals surface area contributed by atoms with Crippen molar-refractivity contribution >= 4 is 17.9 Å². The lowest BCUT2D eigenvalue weighted by Crippen LogP contribution is -2.23. The fourth-order valence-electron chi connectivity index (χ4n) is 0.704. The van der Waals surface area contributed by atoms with Crippen LogP contribution in [0.5, 0.6) is 0 Å². The Morgan fingerprint density at radius 3 is 2.69 bits per heavy atom. The van der Waals surface area contributed by atoms with Crippen molar-refractivity contribution in [2.75, 3.05) is 5.48 Å². The van der Waals surface area contributed by atoms with Crippen molar-refractivity contribution in [1.82, 2.24) is 4.98 Å². The summed E-state index contributed by atoms with van der Waals surface area (Å²) in [4.78, 5) is 8.29. The van der Waals surface area contributed by atoms with Gasteiger partial charge in [0, 0.05) is 12.4 Å². The Hall–Kier alpha value is -0.870. The number of rotatable bonds is 2. The molecule has 1 aromatic rings. The van der Waals surface area contributed by atoms with Gasteiger partial charge in [-0.3, -0.25) is 10.3 Å². The maximum atomic E-state index is 5.36. The van der Waals surface area contributed by atoms with Gasteiger partial charge in [0.05, 0.1) is 15.8 Å². The molecule has 0 amide bonds. The first-order valence-electron chi connectivity index (χ1n) is 4.10. The van der Waals surface area contributed by atoms with E-state index >= 15 is 0 Å². The molecule has 4 heteroatoms. The van der Waals surface area contributed by atoms with E-state index in [1.807, 2.05) is 26.8 Å². The van der Waals surface area contributed by atoms with Gasteiger partial charge >= 0.3 is 0 Å². The molecule has 0 aliphatic rings. The summed E-state index contributed by atoms with van der Waals surface area (Å²) in [5.74, 6) is 0. The van der Waals surface area contributed by atoms with Crippen molar-refractivity contribution in [1.29, 1.82) is 0 Å². The van der Waals surface area contributed by atoms with Gasteiger partial charge < -0.3 is 4.98 Å². The first-order chi connectivity index (χ1) is 5.99. The lowest BCUT2D eigenvalue weighted by molar-refractivity contribution is 0.0374. The minimum Gasteiger partial charge on any atom is -0.366 e. The van der Waals surface area contributed by atoms with Crippen molar-refractivity contribution in [3.05, 3.63) is 23.0 Å². The monoisotopic (exact) mass is 198 g/mol. The molecule has 0 aliphatic heterocycles. The highest BCUT2D eigenvalue weighted by Gasteiger charge is 2.10. The average molecular weight is 198 g/mol. The molecular weight excluding hydrogens is 184 g/mol. The van der Waals surface area contributed by atoms with Crippen molar-refractivity contribution in [2.45, 2.75) is 26.4 Å². The summed E-state index contributed by atoms with van der Waals surface area (Å²) in [7, 11) is 0. The molecule has 0 fully saturated rings. The Morgan fingerprint density at radius 1 is 1.46 bits per heavy atom. The first kappa shape index (κ1) is 10.2. The number of pyridine rings is 1. The van der Waals surface area contributed by atoms with Crippen LogP contribution in [0.1, 0.15) is 20.8 Å². The molecule has 3 nitrogen and oxygen atoms in total. The average Bonchev–Trinajstić information content (AvgIpc) is 2.01. The van der Waals surface area contributed by atoms with Crippen LogP contribution in [0, 0.1) is 4.51 Å². The summed E-state index contributed by atoms with van der Waals surface area (Å²) in [6.45, 7) is 5.90. The first-order valence-corrected chi connectivity index (χ1v) is 4.51. The summed E-state index contributed by atoms with van der Waals surface area (Å²) in [5, 5.41) is 0. The van der Waals surface area contributed by atoms with E-state index in [-0.39, 0.29) is 5.60 Å². The minimum absolute atomic E-state index is 0.225. The van der Waals surface area contributed by atoms with Gasteiger partial charge in [-0.25, -0.2) is 0 Å². The van der Waals surface area contributed by atoms with Gasteiger partial charge in [-0.05, 0) is 26.8 Å². The van der Waals surface area contributed by atoms with E-state index in [0.29, 0.717) is 0 Å². The quantitative estimate of drug-likeness (QED) is 0.566. The highest BCUT2D eigenvalue weighted by Crippen LogP contribution is 2.12. The molecule has 13 heavy (non-hydrogen) atoms. The number of hydrogen-bond donors (Lipinski definition) is 2. The van der Waals surface area contributed by atoms with Crippen molar-refractivity contribution in [3.8, 4) is 0 Å². The summed E-state index contributed by atoms with van der Waals surface area (Å²) in [6.07, 6.45) is 3.55. The van der Waals surface area contributed by atoms with Crippen LogP contribution in [0.4, 0.5) is 5.69 Å². The molecule has 0 saturated heterocycles. The minimum atomic E-state index is -0.225. The molecule has 1 rings (SSSR count). The van der Waals surface area contributed by atoms with Crippen LogP contribution in [0.15, 0.2) is 18.5 Å². The molecule has 1 heterocycles. The van der Waals surface area contributed by atoms with Crippen molar-refractivity contribution in [2.24, 2.45) is 0 Å². The van der Waals surface area contributed by atoms with Gasteiger partial charge in [0.15, 0.2) is 0 Å². The molecule has 1 aromatic heterocycles. The van der Waals surface area contributed by atoms with E-state index in [1.54, 1.807) is 12.4 Å². The zero-order valence-corrected chi connectivity index (χ0v) is 8.87. The number of anilines is 1. The Bertz CT molecular complexity index is 327. The van der Waals surface area contributed by atoms with Gasteiger partial charge in [-0.1, -0.05) is 12.2 Å². The van der Waals surface area contributed by atoms with Crippen LogP contribution in [0.2, 0.25) is 0 Å². The second-order valence-electron chi connectivity index (χ2n) is 3.74. The standard InChI is InChI=1S/C9H14N2OS/c1-9(2,3)12-11-7-6-10-5-4-8(7)13/h4-6,11H,1-3H3,(H,10,13). The fraction of sp³-hybridized carbons (Fsp3) is 0.444. The zero-order chi connectivity index (χ0) is 9.90. The molecule has 0 spiro atoms. The number of nitrogens with one attached hydrogen (secondary N) is 2. The highest BCUT2D eigenvalue weighted by atomic mass is 32.1. The summed E-state index contributed by atoms with van der Waals surface area (Å²) >= 11 is 5.08. The third-order valence-electron chi connectivity index (χ3n) is 1.29. The lowest BCUT2D eigenvalue weighted by Gasteiger charge is -2.19. The second kappa shape index (κ2) is 3.89. The lowest BCUT2D eigenvalue weighted by atomic mass is 10.2. The van der Waals surface area contributed by atoms with Crippen LogP contribution >= 0.6 is 12.2 Å². The SMILES string of the molecule is CC(C)(C)ONc1c[nH]ccc1=S. The molecule has 2 N–H and O–H groups in total. The molecule has 0 radical (unpaired) electrons. The third-order valence-corrected chi connectivity index (χ3v) is 1.65. The van der Waals surface area contributed by atoms with E-state index in [4.69, 9.17) is 17.1 Å². The number of aromatic nitrogens is 1. The van der Waals surface area contributed by atoms with Crippen molar-refractivity contribution < 1.29 is 4.84 Å². The van der Waals surface area contributed by atoms with Gasteiger partial charge in [0.2, 0.25) is 0 Å². The second-order valence-corrected chi connectivity index (χ2v) is 4.18. The number of H-pyrrole nitrogens is 1. The molecular formula is C9H14N2OS. The van der Waals surface area contributed by atoms with Crippen LogP contribution in [-0.4, -0.2) is 10.6 Å². The Labute approximate surface area is 83.1 Å². The Balaban J connectivity index is 2.66. The predicted molar refractivity (Wildman–Crippen MR) is 56.1 cm³/mol. The number of aromatic amines is 1. The van der Waals surface area contributed by atoms with E-state index in [2.05, 4.69) is 10.5 Å². The third kappa shape index (κ3) is 3.57. The molecule has 72 valence electrons.